The van der Waals surface area contributed by atoms with E-state index in [1.165, 1.54) is 12.2 Å². The average Bonchev–Trinajstić information content (AvgIpc) is 2.57. The molecular weight excluding hydrogens is 290 g/mol. The summed E-state index contributed by atoms with van der Waals surface area (Å²) >= 11 is 8.02. The maximum Gasteiger partial charge on any atom is 0.0802 e. The fourth-order valence-electron chi connectivity index (χ4n) is 2.47. The van der Waals surface area contributed by atoms with Crippen molar-refractivity contribution in [3.05, 3.63) is 34.9 Å². The van der Waals surface area contributed by atoms with E-state index >= 15 is 0 Å². The van der Waals surface area contributed by atoms with Crippen LogP contribution in [0.15, 0.2) is 24.3 Å². The first-order chi connectivity index (χ1) is 9.46. The molecule has 1 saturated heterocycles. The van der Waals surface area contributed by atoms with Crippen LogP contribution in [0.3, 0.4) is 0 Å². The molecule has 2 rings (SSSR count). The molecule has 0 aliphatic carbocycles. The largest absolute Gasteiger partial charge is 0.388 e. The normalized spacial score (nSPS) is 21.4. The number of aliphatic hydroxyl groups excluding tert-OH is 1. The molecule has 4 heteroatoms. The zero-order valence-electron chi connectivity index (χ0n) is 12.3. The smallest absolute Gasteiger partial charge is 0.0802 e. The molecule has 0 saturated carbocycles. The molecule has 20 heavy (non-hydrogen) atoms. The number of benzene rings is 1. The Balaban J connectivity index is 1.83. The molecule has 0 amide bonds. The molecule has 0 bridgehead atoms. The SMILES string of the molecule is CC1(C)CCN(CCC(O)c2cccc(Cl)c2)CCS1. The number of halogens is 1. The Morgan fingerprint density at radius 2 is 2.20 bits per heavy atom. The molecule has 2 nitrogen and oxygen atoms in total. The van der Waals surface area contributed by atoms with Crippen molar-refractivity contribution in [1.29, 1.82) is 0 Å². The molecule has 1 unspecified atom stereocenters. The highest BCUT2D eigenvalue weighted by Crippen LogP contribution is 2.31. The summed E-state index contributed by atoms with van der Waals surface area (Å²) in [6.45, 7) is 7.84. The van der Waals surface area contributed by atoms with Crippen molar-refractivity contribution in [3.63, 3.8) is 0 Å². The molecule has 1 N–H and O–H groups in total. The Morgan fingerprint density at radius 3 is 2.95 bits per heavy atom. The number of hydrogen-bond donors (Lipinski definition) is 1. The van der Waals surface area contributed by atoms with E-state index in [9.17, 15) is 5.11 Å². The van der Waals surface area contributed by atoms with Gasteiger partial charge < -0.3 is 10.0 Å². The summed E-state index contributed by atoms with van der Waals surface area (Å²) in [5, 5.41) is 10.9. The number of thioether (sulfide) groups is 1. The van der Waals surface area contributed by atoms with Gasteiger partial charge >= 0.3 is 0 Å². The van der Waals surface area contributed by atoms with Crippen LogP contribution in [0.1, 0.15) is 38.4 Å². The molecule has 1 atom stereocenters. The van der Waals surface area contributed by atoms with Crippen LogP contribution in [0.4, 0.5) is 0 Å². The minimum Gasteiger partial charge on any atom is -0.388 e. The summed E-state index contributed by atoms with van der Waals surface area (Å²) in [4.78, 5) is 2.47. The van der Waals surface area contributed by atoms with Crippen molar-refractivity contribution in [2.75, 3.05) is 25.4 Å². The lowest BCUT2D eigenvalue weighted by molar-refractivity contribution is 0.143. The van der Waals surface area contributed by atoms with Crippen molar-refractivity contribution < 1.29 is 5.11 Å². The third-order valence-electron chi connectivity index (χ3n) is 3.88. The standard InChI is InChI=1S/C16H24ClNOS/c1-16(2)7-9-18(10-11-20-16)8-6-15(19)13-4-3-5-14(17)12-13/h3-5,12,15,19H,6-11H2,1-2H3. The Bertz CT molecular complexity index is 438. The molecule has 0 spiro atoms. The summed E-state index contributed by atoms with van der Waals surface area (Å²) in [6, 6.07) is 7.53. The van der Waals surface area contributed by atoms with Gasteiger partial charge in [0.05, 0.1) is 6.10 Å². The topological polar surface area (TPSA) is 23.5 Å². The van der Waals surface area contributed by atoms with E-state index in [1.807, 2.05) is 24.3 Å². The molecule has 1 aliphatic rings. The fraction of sp³-hybridized carbons (Fsp3) is 0.625. The van der Waals surface area contributed by atoms with Crippen LogP contribution >= 0.6 is 23.4 Å². The summed E-state index contributed by atoms with van der Waals surface area (Å²) < 4.78 is 0.389. The van der Waals surface area contributed by atoms with Crippen LogP contribution in [0, 0.1) is 0 Å². The Labute approximate surface area is 131 Å². The number of aliphatic hydroxyl groups is 1. The van der Waals surface area contributed by atoms with Crippen molar-refractivity contribution in [2.24, 2.45) is 0 Å². The van der Waals surface area contributed by atoms with Gasteiger partial charge in [-0.1, -0.05) is 37.6 Å². The minimum atomic E-state index is -0.419. The van der Waals surface area contributed by atoms with Crippen LogP contribution in [0.2, 0.25) is 5.02 Å². The maximum atomic E-state index is 10.3. The van der Waals surface area contributed by atoms with E-state index in [0.29, 0.717) is 9.77 Å². The number of nitrogens with zero attached hydrogens (tertiary/aromatic N) is 1. The molecular formula is C16H24ClNOS. The predicted molar refractivity (Wildman–Crippen MR) is 88.6 cm³/mol. The molecule has 0 radical (unpaired) electrons. The highest BCUT2D eigenvalue weighted by Gasteiger charge is 2.23. The molecule has 1 heterocycles. The average molecular weight is 314 g/mol. The fourth-order valence-corrected chi connectivity index (χ4v) is 3.81. The molecule has 0 aromatic heterocycles. The van der Waals surface area contributed by atoms with Crippen molar-refractivity contribution in [2.45, 2.75) is 37.5 Å². The summed E-state index contributed by atoms with van der Waals surface area (Å²) in [5.41, 5.74) is 0.919. The van der Waals surface area contributed by atoms with Gasteiger partial charge in [0.15, 0.2) is 0 Å². The van der Waals surface area contributed by atoms with Gasteiger partial charge in [-0.15, -0.1) is 0 Å². The van der Waals surface area contributed by atoms with E-state index in [2.05, 4.69) is 30.5 Å². The van der Waals surface area contributed by atoms with Gasteiger partial charge in [0, 0.05) is 28.6 Å². The summed E-state index contributed by atoms with van der Waals surface area (Å²) in [6.07, 6.45) is 1.56. The van der Waals surface area contributed by atoms with Crippen molar-refractivity contribution >= 4 is 23.4 Å². The number of rotatable bonds is 4. The highest BCUT2D eigenvalue weighted by atomic mass is 35.5. The lowest BCUT2D eigenvalue weighted by Crippen LogP contribution is -2.29. The first-order valence-corrected chi connectivity index (χ1v) is 8.62. The minimum absolute atomic E-state index is 0.389. The Hall–Kier alpha value is -0.220. The third kappa shape index (κ3) is 4.96. The summed E-state index contributed by atoms with van der Waals surface area (Å²) in [5.74, 6) is 1.18. The van der Waals surface area contributed by atoms with E-state index in [1.54, 1.807) is 0 Å². The van der Waals surface area contributed by atoms with Crippen LogP contribution in [0.5, 0.6) is 0 Å². The maximum absolute atomic E-state index is 10.3. The lowest BCUT2D eigenvalue weighted by atomic mass is 10.1. The van der Waals surface area contributed by atoms with Gasteiger partial charge in [0.2, 0.25) is 0 Å². The van der Waals surface area contributed by atoms with Crippen LogP contribution in [0.25, 0.3) is 0 Å². The van der Waals surface area contributed by atoms with E-state index in [-0.39, 0.29) is 0 Å². The molecule has 1 aromatic rings. The van der Waals surface area contributed by atoms with Crippen LogP contribution in [-0.4, -0.2) is 40.1 Å². The summed E-state index contributed by atoms with van der Waals surface area (Å²) in [7, 11) is 0. The van der Waals surface area contributed by atoms with Gasteiger partial charge in [0.1, 0.15) is 0 Å². The van der Waals surface area contributed by atoms with Crippen LogP contribution < -0.4 is 0 Å². The third-order valence-corrected chi connectivity index (χ3v) is 5.49. The van der Waals surface area contributed by atoms with Gasteiger partial charge in [-0.25, -0.2) is 0 Å². The second-order valence-electron chi connectivity index (χ2n) is 6.06. The quantitative estimate of drug-likeness (QED) is 0.909. The molecule has 1 aromatic carbocycles. The first kappa shape index (κ1) is 16.2. The zero-order chi connectivity index (χ0) is 14.6. The lowest BCUT2D eigenvalue weighted by Gasteiger charge is -2.23. The monoisotopic (exact) mass is 313 g/mol. The van der Waals surface area contributed by atoms with Crippen LogP contribution in [-0.2, 0) is 0 Å². The second kappa shape index (κ2) is 7.17. The molecule has 1 fully saturated rings. The van der Waals surface area contributed by atoms with Gasteiger partial charge in [-0.05, 0) is 37.1 Å². The van der Waals surface area contributed by atoms with Crippen molar-refractivity contribution in [1.82, 2.24) is 4.90 Å². The Morgan fingerprint density at radius 1 is 1.40 bits per heavy atom. The second-order valence-corrected chi connectivity index (χ2v) is 8.30. The van der Waals surface area contributed by atoms with Gasteiger partial charge in [0.25, 0.3) is 0 Å². The Kier molecular flexibility index (Phi) is 5.79. The first-order valence-electron chi connectivity index (χ1n) is 7.26. The van der Waals surface area contributed by atoms with E-state index in [0.717, 1.165) is 31.6 Å². The highest BCUT2D eigenvalue weighted by molar-refractivity contribution is 8.00. The predicted octanol–water partition coefficient (Wildman–Crippen LogP) is 3.98. The van der Waals surface area contributed by atoms with Crippen molar-refractivity contribution in [3.8, 4) is 0 Å². The molecule has 112 valence electrons. The van der Waals surface area contributed by atoms with Gasteiger partial charge in [-0.3, -0.25) is 0 Å². The van der Waals surface area contributed by atoms with E-state index in [4.69, 9.17) is 11.6 Å². The van der Waals surface area contributed by atoms with E-state index < -0.39 is 6.10 Å². The number of hydrogen-bond acceptors (Lipinski definition) is 3. The zero-order valence-corrected chi connectivity index (χ0v) is 13.9. The molecule has 1 aliphatic heterocycles. The van der Waals surface area contributed by atoms with Gasteiger partial charge in [-0.2, -0.15) is 11.8 Å².